The molecule has 2 aromatic carbocycles. The molecule has 2 aromatic heterocycles. The molecule has 0 saturated heterocycles. The second kappa shape index (κ2) is 9.70. The number of benzene rings is 2. The molecule has 4 rings (SSSR count). The molecule has 0 unspecified atom stereocenters. The molecule has 0 fully saturated rings. The van der Waals surface area contributed by atoms with Crippen LogP contribution in [0, 0.1) is 20.8 Å². The van der Waals surface area contributed by atoms with Crippen LogP contribution in [-0.4, -0.2) is 16.9 Å². The number of carbonyl (C=O) groups excluding carboxylic acids is 2. The van der Waals surface area contributed by atoms with Crippen LogP contribution in [0.15, 0.2) is 70.2 Å². The first-order chi connectivity index (χ1) is 16.3. The molecule has 0 aliphatic heterocycles. The van der Waals surface area contributed by atoms with E-state index in [2.05, 4.69) is 15.3 Å². The van der Waals surface area contributed by atoms with Gasteiger partial charge < -0.3 is 14.5 Å². The first-order valence-corrected chi connectivity index (χ1v) is 10.9. The molecular formula is C27H25N3O4. The Labute approximate surface area is 197 Å². The Bertz CT molecular complexity index is 1460. The topological polar surface area (TPSA) is 93.8 Å². The van der Waals surface area contributed by atoms with Crippen LogP contribution in [0.5, 0.6) is 0 Å². The number of pyridine rings is 1. The number of ether oxygens (including phenoxy) is 1. The number of fused-ring (bicyclic) bond motifs is 1. The van der Waals surface area contributed by atoms with E-state index >= 15 is 0 Å². The molecule has 0 aliphatic rings. The number of nitrogens with one attached hydrogen (secondary N) is 1. The van der Waals surface area contributed by atoms with E-state index in [-0.39, 0.29) is 23.6 Å². The van der Waals surface area contributed by atoms with Gasteiger partial charge in [0.2, 0.25) is 5.55 Å². The summed E-state index contributed by atoms with van der Waals surface area (Å²) in [6.07, 6.45) is 1.62. The first-order valence-electron chi connectivity index (χ1n) is 10.9. The molecule has 1 amide bonds. The number of aromatic nitrogens is 1. The van der Waals surface area contributed by atoms with Crippen LogP contribution in [0.1, 0.15) is 39.7 Å². The average molecular weight is 456 g/mol. The van der Waals surface area contributed by atoms with Gasteiger partial charge in [0.1, 0.15) is 12.2 Å². The van der Waals surface area contributed by atoms with Gasteiger partial charge in [-0.25, -0.2) is 4.99 Å². The summed E-state index contributed by atoms with van der Waals surface area (Å²) in [4.78, 5) is 33.7. The Morgan fingerprint density at radius 3 is 2.50 bits per heavy atom. The fourth-order valence-electron chi connectivity index (χ4n) is 3.47. The monoisotopic (exact) mass is 455 g/mol. The minimum Gasteiger partial charge on any atom is -0.461 e. The van der Waals surface area contributed by atoms with E-state index in [1.54, 1.807) is 12.3 Å². The van der Waals surface area contributed by atoms with Crippen LogP contribution in [0.25, 0.3) is 11.0 Å². The van der Waals surface area contributed by atoms with Crippen molar-refractivity contribution in [3.63, 3.8) is 0 Å². The number of hydrogen-bond donors (Lipinski definition) is 1. The number of carbonyl (C=O) groups is 2. The zero-order chi connectivity index (χ0) is 24.2. The normalized spacial score (nSPS) is 11.5. The van der Waals surface area contributed by atoms with E-state index in [1.807, 2.05) is 69.3 Å². The summed E-state index contributed by atoms with van der Waals surface area (Å²) in [5.74, 6) is -0.773. The maximum Gasteiger partial charge on any atom is 0.302 e. The average Bonchev–Trinajstić information content (AvgIpc) is 2.81. The molecule has 0 saturated carbocycles. The highest BCUT2D eigenvalue weighted by Crippen LogP contribution is 2.23. The minimum absolute atomic E-state index is 0.0159. The standard InChI is InChI=1S/C27H25N3O4/c1-16-10-11-22(12-17(16)2)29-26(32)24-13-23-20(15-33-19(4)31)14-28-18(3)25(23)34-27(24)30-21-8-6-5-7-9-21/h5-14H,15H2,1-4H3,(H,29,32). The Morgan fingerprint density at radius 2 is 1.79 bits per heavy atom. The first kappa shape index (κ1) is 22.9. The third-order valence-corrected chi connectivity index (χ3v) is 5.48. The van der Waals surface area contributed by atoms with E-state index in [0.29, 0.717) is 33.6 Å². The molecule has 0 bridgehead atoms. The van der Waals surface area contributed by atoms with Crippen LogP contribution in [0.3, 0.4) is 0 Å². The number of rotatable bonds is 5. The van der Waals surface area contributed by atoms with Crippen molar-refractivity contribution in [1.29, 1.82) is 0 Å². The minimum atomic E-state index is -0.408. The van der Waals surface area contributed by atoms with Crippen molar-refractivity contribution in [3.8, 4) is 0 Å². The van der Waals surface area contributed by atoms with Crippen LogP contribution in [0.4, 0.5) is 11.4 Å². The second-order valence-electron chi connectivity index (χ2n) is 8.06. The number of hydrogen-bond acceptors (Lipinski definition) is 6. The van der Waals surface area contributed by atoms with Crippen molar-refractivity contribution < 1.29 is 18.7 Å². The zero-order valence-electron chi connectivity index (χ0n) is 19.5. The lowest BCUT2D eigenvalue weighted by atomic mass is 10.1. The fraction of sp³-hybridized carbons (Fsp3) is 0.185. The number of aryl methyl sites for hydroxylation is 3. The van der Waals surface area contributed by atoms with Crippen molar-refractivity contribution in [3.05, 3.63) is 94.3 Å². The van der Waals surface area contributed by atoms with Gasteiger partial charge in [-0.15, -0.1) is 0 Å². The lowest BCUT2D eigenvalue weighted by Gasteiger charge is -2.11. The van der Waals surface area contributed by atoms with Gasteiger partial charge in [-0.3, -0.25) is 14.6 Å². The lowest BCUT2D eigenvalue weighted by molar-refractivity contribution is -0.142. The summed E-state index contributed by atoms with van der Waals surface area (Å²) in [7, 11) is 0. The third kappa shape index (κ3) is 5.04. The van der Waals surface area contributed by atoms with Gasteiger partial charge in [-0.05, 0) is 62.2 Å². The molecular weight excluding hydrogens is 430 g/mol. The maximum absolute atomic E-state index is 13.4. The molecule has 172 valence electrons. The van der Waals surface area contributed by atoms with E-state index in [1.165, 1.54) is 6.92 Å². The van der Waals surface area contributed by atoms with Gasteiger partial charge in [-0.2, -0.15) is 0 Å². The summed E-state index contributed by atoms with van der Waals surface area (Å²) in [6, 6.07) is 16.7. The molecule has 2 heterocycles. The van der Waals surface area contributed by atoms with Crippen molar-refractivity contribution in [2.45, 2.75) is 34.3 Å². The van der Waals surface area contributed by atoms with Gasteiger partial charge in [0, 0.05) is 29.8 Å². The summed E-state index contributed by atoms with van der Waals surface area (Å²) < 4.78 is 11.3. The quantitative estimate of drug-likeness (QED) is 0.412. The smallest absolute Gasteiger partial charge is 0.302 e. The van der Waals surface area contributed by atoms with Crippen LogP contribution < -0.4 is 10.9 Å². The van der Waals surface area contributed by atoms with Gasteiger partial charge >= 0.3 is 5.97 Å². The highest BCUT2D eigenvalue weighted by molar-refractivity contribution is 6.05. The predicted octanol–water partition coefficient (Wildman–Crippen LogP) is 5.30. The molecule has 0 aliphatic carbocycles. The largest absolute Gasteiger partial charge is 0.461 e. The molecule has 34 heavy (non-hydrogen) atoms. The molecule has 0 spiro atoms. The lowest BCUT2D eigenvalue weighted by Crippen LogP contribution is -2.22. The number of esters is 1. The highest BCUT2D eigenvalue weighted by Gasteiger charge is 2.17. The van der Waals surface area contributed by atoms with Crippen molar-refractivity contribution in [1.82, 2.24) is 4.98 Å². The molecule has 7 nitrogen and oxygen atoms in total. The van der Waals surface area contributed by atoms with Gasteiger partial charge in [-0.1, -0.05) is 24.3 Å². The number of para-hydroxylation sites is 1. The third-order valence-electron chi connectivity index (χ3n) is 5.48. The SMILES string of the molecule is CC(=O)OCc1cnc(C)c2oc(=Nc3ccccc3)c(C(=O)Nc3ccc(C)c(C)c3)cc12. The summed E-state index contributed by atoms with van der Waals surface area (Å²) >= 11 is 0. The molecule has 0 atom stereocenters. The fourth-order valence-corrected chi connectivity index (χ4v) is 3.47. The molecule has 4 aromatic rings. The molecule has 7 heteroatoms. The van der Waals surface area contributed by atoms with Crippen molar-refractivity contribution in [2.24, 2.45) is 4.99 Å². The van der Waals surface area contributed by atoms with Crippen LogP contribution in [-0.2, 0) is 16.1 Å². The maximum atomic E-state index is 13.4. The summed E-state index contributed by atoms with van der Waals surface area (Å²) in [5, 5.41) is 3.57. The number of anilines is 1. The van der Waals surface area contributed by atoms with E-state index in [9.17, 15) is 9.59 Å². The Kier molecular flexibility index (Phi) is 6.54. The van der Waals surface area contributed by atoms with Crippen molar-refractivity contribution in [2.75, 3.05) is 5.32 Å². The number of nitrogens with zero attached hydrogens (tertiary/aromatic N) is 2. The Balaban J connectivity index is 1.88. The Hall–Kier alpha value is -4.26. The van der Waals surface area contributed by atoms with E-state index in [0.717, 1.165) is 11.1 Å². The predicted molar refractivity (Wildman–Crippen MR) is 130 cm³/mol. The summed E-state index contributed by atoms with van der Waals surface area (Å²) in [6.45, 7) is 7.17. The second-order valence-corrected chi connectivity index (χ2v) is 8.06. The van der Waals surface area contributed by atoms with Crippen LogP contribution >= 0.6 is 0 Å². The van der Waals surface area contributed by atoms with E-state index in [4.69, 9.17) is 9.15 Å². The molecule has 0 radical (unpaired) electrons. The summed E-state index contributed by atoms with van der Waals surface area (Å²) in [5.41, 5.74) is 5.67. The number of amides is 1. The van der Waals surface area contributed by atoms with Gasteiger partial charge in [0.15, 0.2) is 5.58 Å². The van der Waals surface area contributed by atoms with E-state index < -0.39 is 5.97 Å². The molecule has 1 N–H and O–H groups in total. The van der Waals surface area contributed by atoms with Gasteiger partial charge in [0.25, 0.3) is 5.91 Å². The van der Waals surface area contributed by atoms with Crippen molar-refractivity contribution >= 4 is 34.2 Å². The Morgan fingerprint density at radius 1 is 1.03 bits per heavy atom. The van der Waals surface area contributed by atoms with Crippen LogP contribution in [0.2, 0.25) is 0 Å². The highest BCUT2D eigenvalue weighted by atomic mass is 16.5. The van der Waals surface area contributed by atoms with Gasteiger partial charge in [0.05, 0.1) is 11.4 Å². The zero-order valence-corrected chi connectivity index (χ0v) is 19.5.